The lowest BCUT2D eigenvalue weighted by Crippen LogP contribution is -2.12. The highest BCUT2D eigenvalue weighted by atomic mass is 15.1. The molecule has 0 bridgehead atoms. The Morgan fingerprint density at radius 2 is 1.77 bits per heavy atom. The Hall–Kier alpha value is -0.780. The van der Waals surface area contributed by atoms with Crippen molar-refractivity contribution in [2.45, 2.75) is 25.7 Å². The van der Waals surface area contributed by atoms with Crippen LogP contribution in [0.2, 0.25) is 0 Å². The van der Waals surface area contributed by atoms with Crippen LogP contribution in [0.5, 0.6) is 0 Å². The van der Waals surface area contributed by atoms with Crippen LogP contribution >= 0.6 is 0 Å². The summed E-state index contributed by atoms with van der Waals surface area (Å²) in [5.41, 5.74) is 3.45. The summed E-state index contributed by atoms with van der Waals surface area (Å²) in [4.78, 5) is 0. The highest BCUT2D eigenvalue weighted by molar-refractivity contribution is 5.51. The van der Waals surface area contributed by atoms with E-state index in [4.69, 9.17) is 0 Å². The van der Waals surface area contributed by atoms with Crippen molar-refractivity contribution in [2.24, 2.45) is 16.7 Å². The predicted octanol–water partition coefficient (Wildman–Crippen LogP) is 3.03. The minimum atomic E-state index is 0.960. The van der Waals surface area contributed by atoms with Crippen LogP contribution in [-0.4, -0.2) is 0 Å². The summed E-state index contributed by atoms with van der Waals surface area (Å²) < 4.78 is 0. The van der Waals surface area contributed by atoms with Crippen LogP contribution in [0.4, 0.5) is 0 Å². The van der Waals surface area contributed by atoms with Crippen LogP contribution in [0.15, 0.2) is 30.3 Å². The summed E-state index contributed by atoms with van der Waals surface area (Å²) in [5.74, 6) is 1.15. The second-order valence-electron chi connectivity index (χ2n) is 5.24. The molecule has 3 aliphatic rings. The Morgan fingerprint density at radius 1 is 1.08 bits per heavy atom. The van der Waals surface area contributed by atoms with Crippen LogP contribution in [0.1, 0.15) is 24.8 Å². The summed E-state index contributed by atoms with van der Waals surface area (Å²) in [6.45, 7) is 0. The molecule has 0 spiro atoms. The molecule has 66 valence electrons. The van der Waals surface area contributed by atoms with Gasteiger partial charge in [0.1, 0.15) is 0 Å². The monoisotopic (exact) mass is 170 g/mol. The van der Waals surface area contributed by atoms with Crippen LogP contribution in [0.25, 0.3) is 0 Å². The third-order valence-electron chi connectivity index (χ3n) is 4.82. The van der Waals surface area contributed by atoms with E-state index in [-0.39, 0.29) is 0 Å². The van der Waals surface area contributed by atoms with Gasteiger partial charge in [-0.1, -0.05) is 30.3 Å². The van der Waals surface area contributed by atoms with Gasteiger partial charge >= 0.3 is 0 Å². The Morgan fingerprint density at radius 3 is 2.31 bits per heavy atom. The minimum absolute atomic E-state index is 0.960. The number of rotatable bonds is 3. The highest BCUT2D eigenvalue weighted by Gasteiger charge is 3.03. The average Bonchev–Trinajstić information content (AvgIpc) is 2.95. The molecule has 0 nitrogen and oxygen atoms in total. The standard InChI is InChI=1S/C13H14/c1-2-4-10(5-3-1)6-7-11-12-8-13(11,12)9-12/h1-5,11H,6-9H2. The molecule has 0 unspecified atom stereocenters. The fourth-order valence-electron chi connectivity index (χ4n) is 3.56. The molecular weight excluding hydrogens is 156 g/mol. The molecule has 0 N–H and O–H groups in total. The molecule has 0 saturated heterocycles. The van der Waals surface area contributed by atoms with Crippen molar-refractivity contribution < 1.29 is 0 Å². The number of hydrogen-bond donors (Lipinski definition) is 0. The summed E-state index contributed by atoms with van der Waals surface area (Å²) in [6, 6.07) is 10.9. The first-order valence-corrected chi connectivity index (χ1v) is 5.41. The van der Waals surface area contributed by atoms with Crippen molar-refractivity contribution in [2.75, 3.05) is 0 Å². The van der Waals surface area contributed by atoms with Crippen LogP contribution in [-0.2, 0) is 6.42 Å². The summed E-state index contributed by atoms with van der Waals surface area (Å²) in [7, 11) is 0. The number of benzene rings is 1. The lowest BCUT2D eigenvalue weighted by atomic mass is 9.84. The summed E-state index contributed by atoms with van der Waals surface area (Å²) >= 11 is 0. The third-order valence-corrected chi connectivity index (χ3v) is 4.82. The van der Waals surface area contributed by atoms with Gasteiger partial charge < -0.3 is 0 Å². The van der Waals surface area contributed by atoms with Gasteiger partial charge in [0.15, 0.2) is 0 Å². The van der Waals surface area contributed by atoms with E-state index in [0.29, 0.717) is 0 Å². The van der Waals surface area contributed by atoms with Crippen LogP contribution in [0, 0.1) is 16.7 Å². The quantitative estimate of drug-likeness (QED) is 0.654. The average molecular weight is 170 g/mol. The molecular formula is C13H14. The van der Waals surface area contributed by atoms with Gasteiger partial charge in [-0.3, -0.25) is 0 Å². The van der Waals surface area contributed by atoms with E-state index >= 15 is 0 Å². The maximum Gasteiger partial charge on any atom is -0.0193 e. The zero-order valence-electron chi connectivity index (χ0n) is 7.79. The van der Waals surface area contributed by atoms with Crippen molar-refractivity contribution in [3.63, 3.8) is 0 Å². The van der Waals surface area contributed by atoms with E-state index in [1.807, 2.05) is 0 Å². The molecule has 4 rings (SSSR count). The molecule has 1 aromatic rings. The molecule has 0 atom stereocenters. The van der Waals surface area contributed by atoms with Crippen molar-refractivity contribution in [3.05, 3.63) is 35.9 Å². The number of hydrogen-bond acceptors (Lipinski definition) is 0. The Kier molecular flexibility index (Phi) is 0.871. The Bertz CT molecular complexity index is 343. The Balaban J connectivity index is 1.40. The lowest BCUT2D eigenvalue weighted by molar-refractivity contribution is 0.304. The van der Waals surface area contributed by atoms with Gasteiger partial charge in [0.05, 0.1) is 0 Å². The SMILES string of the molecule is c1ccc(CCC2C34CC23C4)cc1. The maximum absolute atomic E-state index is 2.26. The largest absolute Gasteiger partial charge is 0.0622 e. The van der Waals surface area contributed by atoms with Crippen molar-refractivity contribution in [1.29, 1.82) is 0 Å². The van der Waals surface area contributed by atoms with E-state index in [1.54, 1.807) is 12.8 Å². The van der Waals surface area contributed by atoms with E-state index in [1.165, 1.54) is 18.4 Å². The van der Waals surface area contributed by atoms with Crippen molar-refractivity contribution in [1.82, 2.24) is 0 Å². The van der Waals surface area contributed by atoms with Crippen LogP contribution in [0.3, 0.4) is 0 Å². The Labute approximate surface area is 79.0 Å². The normalized spacial score (nSPS) is 47.8. The second kappa shape index (κ2) is 1.70. The first kappa shape index (κ1) is 6.64. The molecule has 3 saturated carbocycles. The predicted molar refractivity (Wildman–Crippen MR) is 52.4 cm³/mol. The zero-order chi connectivity index (χ0) is 8.52. The van der Waals surface area contributed by atoms with E-state index < -0.39 is 0 Å². The molecule has 3 aliphatic carbocycles. The number of aryl methyl sites for hydroxylation is 1. The molecule has 0 radical (unpaired) electrons. The van der Waals surface area contributed by atoms with Gasteiger partial charge in [-0.2, -0.15) is 0 Å². The van der Waals surface area contributed by atoms with E-state index in [2.05, 4.69) is 30.3 Å². The molecule has 0 heterocycles. The molecule has 0 amide bonds. The van der Waals surface area contributed by atoms with Gasteiger partial charge in [-0.15, -0.1) is 0 Å². The summed E-state index contributed by atoms with van der Waals surface area (Å²) in [5, 5.41) is 0. The molecule has 0 heteroatoms. The van der Waals surface area contributed by atoms with Gasteiger partial charge in [-0.25, -0.2) is 0 Å². The van der Waals surface area contributed by atoms with Gasteiger partial charge in [-0.05, 0) is 48.0 Å². The highest BCUT2D eigenvalue weighted by Crippen LogP contribution is 3.10. The molecule has 1 aromatic carbocycles. The maximum atomic E-state index is 2.26. The van der Waals surface area contributed by atoms with Gasteiger partial charge in [0.25, 0.3) is 0 Å². The minimum Gasteiger partial charge on any atom is -0.0622 e. The van der Waals surface area contributed by atoms with Crippen molar-refractivity contribution >= 4 is 0 Å². The van der Waals surface area contributed by atoms with Gasteiger partial charge in [0, 0.05) is 0 Å². The molecule has 3 fully saturated rings. The van der Waals surface area contributed by atoms with E-state index in [9.17, 15) is 0 Å². The van der Waals surface area contributed by atoms with E-state index in [0.717, 1.165) is 16.7 Å². The smallest absolute Gasteiger partial charge is 0.0193 e. The lowest BCUT2D eigenvalue weighted by Gasteiger charge is -2.20. The van der Waals surface area contributed by atoms with Crippen LogP contribution < -0.4 is 0 Å². The third kappa shape index (κ3) is 0.620. The molecule has 0 aliphatic heterocycles. The first-order chi connectivity index (χ1) is 6.37. The fraction of sp³-hybridized carbons (Fsp3) is 0.538. The summed E-state index contributed by atoms with van der Waals surface area (Å²) in [6.07, 6.45) is 5.97. The zero-order valence-corrected chi connectivity index (χ0v) is 7.79. The molecule has 0 aromatic heterocycles. The fourth-order valence-corrected chi connectivity index (χ4v) is 3.56. The topological polar surface area (TPSA) is 0 Å². The van der Waals surface area contributed by atoms with Crippen molar-refractivity contribution in [3.8, 4) is 0 Å². The van der Waals surface area contributed by atoms with Gasteiger partial charge in [0.2, 0.25) is 0 Å². The first-order valence-electron chi connectivity index (χ1n) is 5.41. The second-order valence-corrected chi connectivity index (χ2v) is 5.24. The molecule has 13 heavy (non-hydrogen) atoms.